The lowest BCUT2D eigenvalue weighted by Crippen LogP contribution is -2.13. The van der Waals surface area contributed by atoms with E-state index >= 15 is 0 Å². The fourth-order valence-corrected chi connectivity index (χ4v) is 2.27. The number of aryl methyl sites for hydroxylation is 2. The zero-order valence-corrected chi connectivity index (χ0v) is 13.8. The summed E-state index contributed by atoms with van der Waals surface area (Å²) >= 11 is 5.86. The number of ether oxygens (including phenoxy) is 1. The fourth-order valence-electron chi connectivity index (χ4n) is 2.07. The molecule has 0 atom stereocenters. The predicted octanol–water partition coefficient (Wildman–Crippen LogP) is 4.40. The predicted molar refractivity (Wildman–Crippen MR) is 91.7 cm³/mol. The molecule has 23 heavy (non-hydrogen) atoms. The molecule has 2 aromatic rings. The molecule has 0 unspecified atom stereocenters. The van der Waals surface area contributed by atoms with Gasteiger partial charge >= 0.3 is 5.97 Å². The standard InChI is InChI=1S/C19H17ClO3/c1-13-6-7-14(2)17(10-13)18(21)12-23-19(22)9-8-15-4-3-5-16(20)11-15/h3-11H,12H2,1-2H3/b9-8+. The van der Waals surface area contributed by atoms with Crippen molar-refractivity contribution in [1.29, 1.82) is 0 Å². The Morgan fingerprint density at radius 1 is 1.13 bits per heavy atom. The van der Waals surface area contributed by atoms with Gasteiger partial charge in [0.1, 0.15) is 0 Å². The molecule has 0 saturated heterocycles. The van der Waals surface area contributed by atoms with Gasteiger partial charge in [-0.2, -0.15) is 0 Å². The van der Waals surface area contributed by atoms with E-state index in [2.05, 4.69) is 0 Å². The maximum atomic E-state index is 12.1. The minimum atomic E-state index is -0.566. The average Bonchev–Trinajstić information content (AvgIpc) is 2.53. The van der Waals surface area contributed by atoms with Crippen molar-refractivity contribution in [2.24, 2.45) is 0 Å². The van der Waals surface area contributed by atoms with Crippen molar-refractivity contribution in [1.82, 2.24) is 0 Å². The Hall–Kier alpha value is -2.39. The maximum Gasteiger partial charge on any atom is 0.331 e. The van der Waals surface area contributed by atoms with Gasteiger partial charge in [0.25, 0.3) is 0 Å². The zero-order valence-electron chi connectivity index (χ0n) is 13.0. The van der Waals surface area contributed by atoms with Crippen LogP contribution in [-0.2, 0) is 9.53 Å². The third-order valence-electron chi connectivity index (χ3n) is 3.30. The van der Waals surface area contributed by atoms with Crippen molar-refractivity contribution in [2.45, 2.75) is 13.8 Å². The van der Waals surface area contributed by atoms with Gasteiger partial charge in [0, 0.05) is 16.7 Å². The molecule has 0 aromatic heterocycles. The van der Waals surface area contributed by atoms with Crippen LogP contribution in [0.4, 0.5) is 0 Å². The Kier molecular flexibility index (Phi) is 5.72. The average molecular weight is 329 g/mol. The number of esters is 1. The fraction of sp³-hybridized carbons (Fsp3) is 0.158. The van der Waals surface area contributed by atoms with Crippen LogP contribution in [0.15, 0.2) is 48.5 Å². The lowest BCUT2D eigenvalue weighted by Gasteiger charge is -2.06. The highest BCUT2D eigenvalue weighted by molar-refractivity contribution is 6.30. The normalized spacial score (nSPS) is 10.7. The number of halogens is 1. The second-order valence-corrected chi connectivity index (χ2v) is 5.67. The number of hydrogen-bond donors (Lipinski definition) is 0. The van der Waals surface area contributed by atoms with Crippen molar-refractivity contribution >= 4 is 29.4 Å². The Morgan fingerprint density at radius 2 is 1.91 bits per heavy atom. The van der Waals surface area contributed by atoms with Crippen LogP contribution >= 0.6 is 11.6 Å². The summed E-state index contributed by atoms with van der Waals surface area (Å²) in [5.74, 6) is -0.778. The van der Waals surface area contributed by atoms with E-state index in [9.17, 15) is 9.59 Å². The number of benzene rings is 2. The molecule has 0 radical (unpaired) electrons. The molecule has 0 fully saturated rings. The van der Waals surface area contributed by atoms with Gasteiger partial charge in [0.15, 0.2) is 6.61 Å². The molecular weight excluding hydrogens is 312 g/mol. The van der Waals surface area contributed by atoms with E-state index in [1.165, 1.54) is 6.08 Å². The summed E-state index contributed by atoms with van der Waals surface area (Å²) < 4.78 is 5.00. The highest BCUT2D eigenvalue weighted by Gasteiger charge is 2.11. The monoisotopic (exact) mass is 328 g/mol. The first-order valence-corrected chi connectivity index (χ1v) is 7.54. The summed E-state index contributed by atoms with van der Waals surface area (Å²) in [6.07, 6.45) is 2.87. The van der Waals surface area contributed by atoms with Crippen LogP contribution in [0.3, 0.4) is 0 Å². The van der Waals surface area contributed by atoms with E-state index in [0.717, 1.165) is 16.7 Å². The third-order valence-corrected chi connectivity index (χ3v) is 3.53. The number of hydrogen-bond acceptors (Lipinski definition) is 3. The van der Waals surface area contributed by atoms with E-state index in [0.29, 0.717) is 10.6 Å². The summed E-state index contributed by atoms with van der Waals surface area (Å²) in [6.45, 7) is 3.49. The summed E-state index contributed by atoms with van der Waals surface area (Å²) in [7, 11) is 0. The van der Waals surface area contributed by atoms with Crippen LogP contribution in [0.25, 0.3) is 6.08 Å². The Balaban J connectivity index is 1.94. The molecule has 4 heteroatoms. The van der Waals surface area contributed by atoms with Crippen LogP contribution in [0.2, 0.25) is 5.02 Å². The highest BCUT2D eigenvalue weighted by atomic mass is 35.5. The largest absolute Gasteiger partial charge is 0.454 e. The van der Waals surface area contributed by atoms with E-state index in [1.807, 2.05) is 32.0 Å². The molecule has 0 amide bonds. The van der Waals surface area contributed by atoms with Gasteiger partial charge in [0.2, 0.25) is 5.78 Å². The second kappa shape index (κ2) is 7.75. The molecule has 0 bridgehead atoms. The van der Waals surface area contributed by atoms with Gasteiger partial charge in [-0.05, 0) is 49.2 Å². The number of ketones is 1. The van der Waals surface area contributed by atoms with E-state index in [1.54, 1.807) is 30.3 Å². The number of carbonyl (C=O) groups is 2. The topological polar surface area (TPSA) is 43.4 Å². The van der Waals surface area contributed by atoms with Gasteiger partial charge in [-0.25, -0.2) is 4.79 Å². The SMILES string of the molecule is Cc1ccc(C)c(C(=O)COC(=O)/C=C/c2cccc(Cl)c2)c1. The van der Waals surface area contributed by atoms with Crippen molar-refractivity contribution in [3.63, 3.8) is 0 Å². The van der Waals surface area contributed by atoms with Gasteiger partial charge in [-0.15, -0.1) is 0 Å². The summed E-state index contributed by atoms with van der Waals surface area (Å²) in [5.41, 5.74) is 3.23. The number of rotatable bonds is 5. The summed E-state index contributed by atoms with van der Waals surface area (Å²) in [5, 5.41) is 0.589. The molecule has 0 aliphatic rings. The zero-order chi connectivity index (χ0) is 16.8. The van der Waals surface area contributed by atoms with Gasteiger partial charge in [-0.1, -0.05) is 41.4 Å². The second-order valence-electron chi connectivity index (χ2n) is 5.24. The summed E-state index contributed by atoms with van der Waals surface area (Å²) in [6, 6.07) is 12.7. The molecular formula is C19H17ClO3. The smallest absolute Gasteiger partial charge is 0.331 e. The van der Waals surface area contributed by atoms with Gasteiger partial charge in [-0.3, -0.25) is 4.79 Å². The van der Waals surface area contributed by atoms with Crippen LogP contribution in [-0.4, -0.2) is 18.4 Å². The maximum absolute atomic E-state index is 12.1. The van der Waals surface area contributed by atoms with Crippen LogP contribution < -0.4 is 0 Å². The van der Waals surface area contributed by atoms with Crippen LogP contribution in [0.1, 0.15) is 27.0 Å². The lowest BCUT2D eigenvalue weighted by molar-refractivity contribution is -0.136. The number of Topliss-reactive ketones (excluding diaryl/α,β-unsaturated/α-hetero) is 1. The van der Waals surface area contributed by atoms with Crippen LogP contribution in [0.5, 0.6) is 0 Å². The van der Waals surface area contributed by atoms with Crippen LogP contribution in [0, 0.1) is 13.8 Å². The quantitative estimate of drug-likeness (QED) is 0.464. The third kappa shape index (κ3) is 5.08. The van der Waals surface area contributed by atoms with E-state index in [-0.39, 0.29) is 12.4 Å². The lowest BCUT2D eigenvalue weighted by atomic mass is 10.0. The van der Waals surface area contributed by atoms with Crippen molar-refractivity contribution in [3.05, 3.63) is 75.8 Å². The summed E-state index contributed by atoms with van der Waals surface area (Å²) in [4.78, 5) is 23.8. The molecule has 118 valence electrons. The van der Waals surface area contributed by atoms with E-state index < -0.39 is 5.97 Å². The molecule has 0 aliphatic carbocycles. The Labute approximate surface area is 140 Å². The first kappa shape index (κ1) is 17.0. The Morgan fingerprint density at radius 3 is 2.65 bits per heavy atom. The molecule has 0 saturated carbocycles. The van der Waals surface area contributed by atoms with E-state index in [4.69, 9.17) is 16.3 Å². The molecule has 2 aromatic carbocycles. The number of carbonyl (C=O) groups excluding carboxylic acids is 2. The Bertz CT molecular complexity index is 763. The van der Waals surface area contributed by atoms with Crippen molar-refractivity contribution < 1.29 is 14.3 Å². The van der Waals surface area contributed by atoms with Crippen molar-refractivity contribution in [3.8, 4) is 0 Å². The van der Waals surface area contributed by atoms with Gasteiger partial charge < -0.3 is 4.74 Å². The first-order chi connectivity index (χ1) is 11.0. The molecule has 3 nitrogen and oxygen atoms in total. The molecule has 2 rings (SSSR count). The molecule has 0 spiro atoms. The first-order valence-electron chi connectivity index (χ1n) is 7.16. The molecule has 0 N–H and O–H groups in total. The minimum absolute atomic E-state index is 0.212. The molecule has 0 aliphatic heterocycles. The minimum Gasteiger partial charge on any atom is -0.454 e. The highest BCUT2D eigenvalue weighted by Crippen LogP contribution is 2.13. The molecule has 0 heterocycles. The van der Waals surface area contributed by atoms with Crippen molar-refractivity contribution in [2.75, 3.05) is 6.61 Å². The van der Waals surface area contributed by atoms with Gasteiger partial charge in [0.05, 0.1) is 0 Å².